The zero-order chi connectivity index (χ0) is 10.6. The molecule has 1 rings (SSSR count). The number of hydrogen-bond donors (Lipinski definition) is 1. The van der Waals surface area contributed by atoms with E-state index in [2.05, 4.69) is 18.5 Å². The van der Waals surface area contributed by atoms with Gasteiger partial charge in [-0.15, -0.1) is 0 Å². The standard InChI is InChI=1S/C11H13NO2/c1-3-5-9(4-2)12-10(14)11(8-13)6-7-11/h3-5,8H,1-2,6-7H2,(H,12,14)/b9-5+. The summed E-state index contributed by atoms with van der Waals surface area (Å²) >= 11 is 0. The summed E-state index contributed by atoms with van der Waals surface area (Å²) in [5.74, 6) is -0.250. The van der Waals surface area contributed by atoms with Gasteiger partial charge in [-0.05, 0) is 25.0 Å². The molecular weight excluding hydrogens is 178 g/mol. The second kappa shape index (κ2) is 4.05. The maximum absolute atomic E-state index is 11.5. The molecule has 0 radical (unpaired) electrons. The van der Waals surface area contributed by atoms with Gasteiger partial charge in [0, 0.05) is 5.70 Å². The van der Waals surface area contributed by atoms with Crippen molar-refractivity contribution in [2.24, 2.45) is 5.41 Å². The van der Waals surface area contributed by atoms with Gasteiger partial charge in [0.1, 0.15) is 11.7 Å². The van der Waals surface area contributed by atoms with E-state index < -0.39 is 5.41 Å². The van der Waals surface area contributed by atoms with Crippen LogP contribution in [-0.4, -0.2) is 12.2 Å². The maximum atomic E-state index is 11.5. The van der Waals surface area contributed by atoms with Crippen molar-refractivity contribution in [2.75, 3.05) is 0 Å². The Morgan fingerprint density at radius 2 is 2.00 bits per heavy atom. The van der Waals surface area contributed by atoms with E-state index >= 15 is 0 Å². The summed E-state index contributed by atoms with van der Waals surface area (Å²) < 4.78 is 0. The lowest BCUT2D eigenvalue weighted by Gasteiger charge is -2.08. The predicted octanol–water partition coefficient (Wildman–Crippen LogP) is 1.34. The zero-order valence-electron chi connectivity index (χ0n) is 7.95. The molecule has 1 amide bonds. The number of amides is 1. The SMILES string of the molecule is C=C/C=C(\C=C)NC(=O)C1(C=O)CC1. The molecule has 0 saturated heterocycles. The summed E-state index contributed by atoms with van der Waals surface area (Å²) in [6.45, 7) is 7.05. The number of carbonyl (C=O) groups excluding carboxylic acids is 2. The fourth-order valence-electron chi connectivity index (χ4n) is 1.08. The second-order valence-electron chi connectivity index (χ2n) is 3.29. The van der Waals surface area contributed by atoms with E-state index in [0.717, 1.165) is 6.29 Å². The van der Waals surface area contributed by atoms with Crippen LogP contribution in [-0.2, 0) is 9.59 Å². The van der Waals surface area contributed by atoms with E-state index in [1.807, 2.05) is 0 Å². The van der Waals surface area contributed by atoms with Crippen molar-refractivity contribution in [3.8, 4) is 0 Å². The molecule has 1 N–H and O–H groups in total. The van der Waals surface area contributed by atoms with Gasteiger partial charge in [-0.25, -0.2) is 0 Å². The molecule has 0 aromatic heterocycles. The molecule has 0 bridgehead atoms. The highest BCUT2D eigenvalue weighted by Gasteiger charge is 2.50. The van der Waals surface area contributed by atoms with Crippen LogP contribution in [0.3, 0.4) is 0 Å². The molecule has 0 aromatic carbocycles. The smallest absolute Gasteiger partial charge is 0.237 e. The third kappa shape index (κ3) is 1.99. The Labute approximate surface area is 83.2 Å². The van der Waals surface area contributed by atoms with Crippen LogP contribution in [0.5, 0.6) is 0 Å². The molecule has 0 heterocycles. The highest BCUT2D eigenvalue weighted by atomic mass is 16.2. The van der Waals surface area contributed by atoms with Gasteiger partial charge in [0.15, 0.2) is 0 Å². The average Bonchev–Trinajstić information content (AvgIpc) is 2.97. The number of aldehydes is 1. The number of nitrogens with one attached hydrogen (secondary N) is 1. The average molecular weight is 191 g/mol. The van der Waals surface area contributed by atoms with Crippen LogP contribution in [0.2, 0.25) is 0 Å². The van der Waals surface area contributed by atoms with Crippen LogP contribution < -0.4 is 5.32 Å². The predicted molar refractivity (Wildman–Crippen MR) is 54.4 cm³/mol. The fourth-order valence-corrected chi connectivity index (χ4v) is 1.08. The highest BCUT2D eigenvalue weighted by molar-refractivity contribution is 6.00. The third-order valence-corrected chi connectivity index (χ3v) is 2.24. The zero-order valence-corrected chi connectivity index (χ0v) is 7.95. The molecule has 1 aliphatic rings. The van der Waals surface area contributed by atoms with E-state index in [1.165, 1.54) is 6.08 Å². The van der Waals surface area contributed by atoms with Gasteiger partial charge in [0.05, 0.1) is 0 Å². The number of hydrogen-bond acceptors (Lipinski definition) is 2. The summed E-state index contributed by atoms with van der Waals surface area (Å²) in [4.78, 5) is 22.2. The Kier molecular flexibility index (Phi) is 3.02. The minimum absolute atomic E-state index is 0.250. The first-order valence-electron chi connectivity index (χ1n) is 4.41. The summed E-state index contributed by atoms with van der Waals surface area (Å²) in [5.41, 5.74) is -0.207. The van der Waals surface area contributed by atoms with Crippen LogP contribution in [0.4, 0.5) is 0 Å². The molecule has 1 fully saturated rings. The van der Waals surface area contributed by atoms with Crippen molar-refractivity contribution in [3.05, 3.63) is 37.1 Å². The minimum Gasteiger partial charge on any atom is -0.325 e. The second-order valence-corrected chi connectivity index (χ2v) is 3.29. The molecule has 74 valence electrons. The lowest BCUT2D eigenvalue weighted by Crippen LogP contribution is -2.31. The normalized spacial score (nSPS) is 18.1. The fraction of sp³-hybridized carbons (Fsp3) is 0.273. The first-order chi connectivity index (χ1) is 6.68. The molecule has 0 unspecified atom stereocenters. The van der Waals surface area contributed by atoms with Crippen LogP contribution in [0.15, 0.2) is 37.1 Å². The van der Waals surface area contributed by atoms with E-state index in [-0.39, 0.29) is 5.91 Å². The van der Waals surface area contributed by atoms with Gasteiger partial charge in [0.25, 0.3) is 0 Å². The van der Waals surface area contributed by atoms with Crippen molar-refractivity contribution in [2.45, 2.75) is 12.8 Å². The molecule has 1 saturated carbocycles. The monoisotopic (exact) mass is 191 g/mol. The van der Waals surface area contributed by atoms with Crippen molar-refractivity contribution < 1.29 is 9.59 Å². The minimum atomic E-state index is -0.775. The molecule has 0 aromatic rings. The lowest BCUT2D eigenvalue weighted by molar-refractivity contribution is -0.130. The van der Waals surface area contributed by atoms with Crippen molar-refractivity contribution in [3.63, 3.8) is 0 Å². The first-order valence-corrected chi connectivity index (χ1v) is 4.41. The maximum Gasteiger partial charge on any atom is 0.237 e. The highest BCUT2D eigenvalue weighted by Crippen LogP contribution is 2.43. The van der Waals surface area contributed by atoms with Crippen molar-refractivity contribution >= 4 is 12.2 Å². The Hall–Kier alpha value is -1.64. The Morgan fingerprint density at radius 3 is 2.36 bits per heavy atom. The van der Waals surface area contributed by atoms with E-state index in [0.29, 0.717) is 18.5 Å². The molecule has 0 aliphatic heterocycles. The van der Waals surface area contributed by atoms with E-state index in [9.17, 15) is 9.59 Å². The van der Waals surface area contributed by atoms with Gasteiger partial charge in [-0.2, -0.15) is 0 Å². The van der Waals surface area contributed by atoms with Gasteiger partial charge in [0.2, 0.25) is 5.91 Å². The lowest BCUT2D eigenvalue weighted by atomic mass is 10.1. The summed E-state index contributed by atoms with van der Waals surface area (Å²) in [5, 5.41) is 2.62. The first kappa shape index (κ1) is 10.4. The van der Waals surface area contributed by atoms with Crippen LogP contribution in [0.25, 0.3) is 0 Å². The van der Waals surface area contributed by atoms with Crippen LogP contribution in [0.1, 0.15) is 12.8 Å². The third-order valence-electron chi connectivity index (χ3n) is 2.24. The summed E-state index contributed by atoms with van der Waals surface area (Å²) in [7, 11) is 0. The van der Waals surface area contributed by atoms with Gasteiger partial charge in [-0.1, -0.05) is 19.2 Å². The summed E-state index contributed by atoms with van der Waals surface area (Å²) in [6, 6.07) is 0. The van der Waals surface area contributed by atoms with E-state index in [1.54, 1.807) is 12.2 Å². The Balaban J connectivity index is 2.64. The number of rotatable bonds is 5. The topological polar surface area (TPSA) is 46.2 Å². The van der Waals surface area contributed by atoms with Crippen molar-refractivity contribution in [1.29, 1.82) is 0 Å². The molecule has 3 heteroatoms. The number of carbonyl (C=O) groups is 2. The molecule has 3 nitrogen and oxygen atoms in total. The van der Waals surface area contributed by atoms with E-state index in [4.69, 9.17) is 0 Å². The van der Waals surface area contributed by atoms with Crippen LogP contribution in [0, 0.1) is 5.41 Å². The van der Waals surface area contributed by atoms with Crippen molar-refractivity contribution in [1.82, 2.24) is 5.32 Å². The number of allylic oxidation sites excluding steroid dienone is 3. The van der Waals surface area contributed by atoms with Gasteiger partial charge in [-0.3, -0.25) is 4.79 Å². The quantitative estimate of drug-likeness (QED) is 0.405. The molecule has 0 atom stereocenters. The van der Waals surface area contributed by atoms with Gasteiger partial charge >= 0.3 is 0 Å². The largest absolute Gasteiger partial charge is 0.325 e. The van der Waals surface area contributed by atoms with Gasteiger partial charge < -0.3 is 10.1 Å². The molecule has 0 spiro atoms. The Morgan fingerprint density at radius 1 is 1.36 bits per heavy atom. The summed E-state index contributed by atoms with van der Waals surface area (Å²) in [6.07, 6.45) is 6.70. The molecule has 14 heavy (non-hydrogen) atoms. The molecule has 1 aliphatic carbocycles. The molecular formula is C11H13NO2. The van der Waals surface area contributed by atoms with Crippen LogP contribution >= 0.6 is 0 Å². The Bertz CT molecular complexity index is 311.